The Bertz CT molecular complexity index is 2030. The number of nitrogens with zero attached hydrogens (tertiary/aromatic N) is 6. The highest BCUT2D eigenvalue weighted by atomic mass is 79.9. The molecular weight excluding hydrogens is 870 g/mol. The molecule has 0 bridgehead atoms. The van der Waals surface area contributed by atoms with Crippen molar-refractivity contribution < 1.29 is 9.90 Å². The number of β-amino-alcohol motifs (C(OH)–C–C–N with tert-alkyl or cyclic N) is 1. The fraction of sp³-hybridized carbons (Fsp3) is 0.439. The number of amides is 1. The Morgan fingerprint density at radius 3 is 2.23 bits per heavy atom. The average Bonchev–Trinajstić information content (AvgIpc) is 3.49. The summed E-state index contributed by atoms with van der Waals surface area (Å²) in [5.41, 5.74) is 16.2. The fourth-order valence-corrected chi connectivity index (χ4v) is 8.64. The number of aromatic nitrogens is 3. The Kier molecular flexibility index (Phi) is 15.9. The molecular formula is C41H55Br2N11O2S. The molecule has 2 aromatic heterocycles. The van der Waals surface area contributed by atoms with E-state index in [2.05, 4.69) is 110 Å². The topological polar surface area (TPSA) is 180 Å². The number of anilines is 3. The number of hydrogen-bond acceptors (Lipinski definition) is 12. The Labute approximate surface area is 356 Å². The number of hydrazine groups is 1. The van der Waals surface area contributed by atoms with E-state index in [1.165, 1.54) is 15.8 Å². The van der Waals surface area contributed by atoms with Gasteiger partial charge in [0.2, 0.25) is 0 Å². The number of rotatable bonds is 20. The van der Waals surface area contributed by atoms with Gasteiger partial charge in [-0.25, -0.2) is 15.8 Å². The number of nitrogens with two attached hydrogens (primary N) is 3. The van der Waals surface area contributed by atoms with Crippen LogP contribution in [0.25, 0.3) is 21.8 Å². The summed E-state index contributed by atoms with van der Waals surface area (Å²) < 4.78 is 4.34. The van der Waals surface area contributed by atoms with Crippen LogP contribution in [0.15, 0.2) is 74.8 Å². The number of aliphatic hydroxyl groups is 1. The second-order valence-electron chi connectivity index (χ2n) is 14.5. The third-order valence-electron chi connectivity index (χ3n) is 10.2. The minimum atomic E-state index is -0.469. The first-order chi connectivity index (χ1) is 27.6. The summed E-state index contributed by atoms with van der Waals surface area (Å²) in [5, 5.41) is 21.9. The van der Waals surface area contributed by atoms with Gasteiger partial charge in [-0.3, -0.25) is 14.7 Å². The number of fused-ring (bicyclic) bond motifs is 3. The van der Waals surface area contributed by atoms with Gasteiger partial charge >= 0.3 is 0 Å². The molecule has 0 saturated carbocycles. The molecule has 0 spiro atoms. The SMILES string of the molecule is CCCSc1nc(NCCN)c(N)c(N(N)Cc2ccc(C(=O)NCCCCCN3CCN(CC(O)Cn4c5ccc(Br)cc5c5cc(Br)ccc54)CC3)cc2)n1. The molecule has 1 atom stereocenters. The van der Waals surface area contributed by atoms with Crippen molar-refractivity contribution in [3.8, 4) is 0 Å². The third kappa shape index (κ3) is 11.6. The third-order valence-corrected chi connectivity index (χ3v) is 12.2. The molecule has 0 radical (unpaired) electrons. The molecule has 1 amide bonds. The van der Waals surface area contributed by atoms with Gasteiger partial charge in [0.05, 0.1) is 19.2 Å². The molecule has 1 unspecified atom stereocenters. The standard InChI is InChI=1S/C41H55Br2N11O2S/c1-2-22-57-41-49-38(47-16-14-44)37(45)39(50-41)54(46)25-28-6-8-29(9-7-28)40(56)48-15-4-3-5-17-51-18-20-52(21-19-51)26-32(55)27-53-35-12-10-30(42)23-33(35)34-24-31(43)11-13-36(34)53/h6-13,23-24,32,55H,2-5,14-22,25-27,44-46H2,1H3,(H,48,56)(H,47,49,50). The lowest BCUT2D eigenvalue weighted by Gasteiger charge is -2.35. The van der Waals surface area contributed by atoms with Crippen LogP contribution >= 0.6 is 43.6 Å². The van der Waals surface area contributed by atoms with Crippen LogP contribution in [0.5, 0.6) is 0 Å². The molecule has 13 nitrogen and oxygen atoms in total. The first-order valence-corrected chi connectivity index (χ1v) is 22.3. The number of carbonyl (C=O) groups excluding carboxylic acids is 1. The van der Waals surface area contributed by atoms with Gasteiger partial charge in [-0.1, -0.05) is 69.1 Å². The normalized spacial score (nSPS) is 14.4. The van der Waals surface area contributed by atoms with E-state index in [0.717, 1.165) is 89.7 Å². The lowest BCUT2D eigenvalue weighted by Crippen LogP contribution is -2.49. The number of benzene rings is 3. The highest BCUT2D eigenvalue weighted by Gasteiger charge is 2.21. The van der Waals surface area contributed by atoms with Gasteiger partial charge in [0.1, 0.15) is 5.69 Å². The van der Waals surface area contributed by atoms with Gasteiger partial charge in [-0.15, -0.1) is 0 Å². The molecule has 1 saturated heterocycles. The second kappa shape index (κ2) is 21.0. The van der Waals surface area contributed by atoms with Gasteiger partial charge in [-0.2, -0.15) is 0 Å². The maximum Gasteiger partial charge on any atom is 0.251 e. The number of halogens is 2. The monoisotopic (exact) mass is 923 g/mol. The molecule has 6 rings (SSSR count). The highest BCUT2D eigenvalue weighted by Crippen LogP contribution is 2.34. The summed E-state index contributed by atoms with van der Waals surface area (Å²) in [5.74, 6) is 8.21. The first-order valence-electron chi connectivity index (χ1n) is 19.8. The number of nitrogens with one attached hydrogen (secondary N) is 2. The van der Waals surface area contributed by atoms with Crippen molar-refractivity contribution >= 4 is 88.7 Å². The van der Waals surface area contributed by atoms with E-state index in [1.54, 1.807) is 11.8 Å². The Morgan fingerprint density at radius 1 is 0.912 bits per heavy atom. The molecule has 57 heavy (non-hydrogen) atoms. The lowest BCUT2D eigenvalue weighted by atomic mass is 10.1. The van der Waals surface area contributed by atoms with Crippen molar-refractivity contribution in [1.29, 1.82) is 0 Å². The Hall–Kier alpha value is -3.48. The number of carbonyl (C=O) groups is 1. The fourth-order valence-electron chi connectivity index (χ4n) is 7.22. The van der Waals surface area contributed by atoms with E-state index in [9.17, 15) is 9.90 Å². The van der Waals surface area contributed by atoms with Crippen molar-refractivity contribution in [2.24, 2.45) is 11.6 Å². The van der Waals surface area contributed by atoms with Crippen LogP contribution in [-0.4, -0.2) is 106 Å². The largest absolute Gasteiger partial charge is 0.393 e. The minimum Gasteiger partial charge on any atom is -0.393 e. The predicted molar refractivity (Wildman–Crippen MR) is 242 cm³/mol. The number of aliphatic hydroxyl groups excluding tert-OH is 1. The molecule has 3 heterocycles. The van der Waals surface area contributed by atoms with Crippen molar-refractivity contribution in [2.75, 3.05) is 80.7 Å². The van der Waals surface area contributed by atoms with Gasteiger partial charge in [0.15, 0.2) is 16.8 Å². The predicted octanol–water partition coefficient (Wildman–Crippen LogP) is 6.02. The summed E-state index contributed by atoms with van der Waals surface area (Å²) in [6.45, 7) is 10.2. The van der Waals surface area contributed by atoms with Gasteiger partial charge in [0, 0.05) is 94.4 Å². The van der Waals surface area contributed by atoms with Crippen molar-refractivity contribution in [1.82, 2.24) is 29.7 Å². The van der Waals surface area contributed by atoms with Crippen LogP contribution in [0.1, 0.15) is 48.5 Å². The van der Waals surface area contributed by atoms with Crippen molar-refractivity contribution in [3.63, 3.8) is 0 Å². The van der Waals surface area contributed by atoms with E-state index in [4.69, 9.17) is 17.3 Å². The summed E-state index contributed by atoms with van der Waals surface area (Å²) in [6, 6.07) is 20.1. The molecule has 1 fully saturated rings. The smallest absolute Gasteiger partial charge is 0.251 e. The van der Waals surface area contributed by atoms with E-state index in [0.29, 0.717) is 67.3 Å². The average molecular weight is 926 g/mol. The van der Waals surface area contributed by atoms with E-state index >= 15 is 0 Å². The van der Waals surface area contributed by atoms with Crippen LogP contribution < -0.4 is 33.0 Å². The number of piperazine rings is 1. The van der Waals surface area contributed by atoms with Crippen molar-refractivity contribution in [3.05, 3.63) is 80.7 Å². The maximum atomic E-state index is 12.9. The summed E-state index contributed by atoms with van der Waals surface area (Å²) >= 11 is 8.79. The van der Waals surface area contributed by atoms with Crippen molar-refractivity contribution in [2.45, 2.75) is 57.0 Å². The molecule has 1 aliphatic heterocycles. The van der Waals surface area contributed by atoms with Crippen LogP contribution in [-0.2, 0) is 13.1 Å². The second-order valence-corrected chi connectivity index (χ2v) is 17.4. The van der Waals surface area contributed by atoms with Crippen LogP contribution in [0.2, 0.25) is 0 Å². The summed E-state index contributed by atoms with van der Waals surface area (Å²) in [4.78, 5) is 26.9. The quantitative estimate of drug-likeness (QED) is 0.0176. The summed E-state index contributed by atoms with van der Waals surface area (Å²) in [6.07, 6.45) is 3.58. The van der Waals surface area contributed by atoms with E-state index in [-0.39, 0.29) is 5.91 Å². The number of unbranched alkanes of at least 4 members (excludes halogenated alkanes) is 2. The van der Waals surface area contributed by atoms with Crippen LogP contribution in [0, 0.1) is 0 Å². The molecule has 3 aromatic carbocycles. The number of nitrogen functional groups attached to an aromatic ring is 1. The number of thioether (sulfide) groups is 1. The zero-order valence-corrected chi connectivity index (χ0v) is 36.6. The lowest BCUT2D eigenvalue weighted by molar-refractivity contribution is 0.0650. The zero-order chi connectivity index (χ0) is 40.3. The van der Waals surface area contributed by atoms with Gasteiger partial charge in [-0.05, 0) is 79.9 Å². The van der Waals surface area contributed by atoms with Gasteiger partial charge < -0.3 is 36.7 Å². The van der Waals surface area contributed by atoms with E-state index < -0.39 is 6.10 Å². The van der Waals surface area contributed by atoms with E-state index in [1.807, 2.05) is 24.3 Å². The minimum absolute atomic E-state index is 0.0861. The molecule has 16 heteroatoms. The molecule has 0 aliphatic carbocycles. The number of hydrogen-bond donors (Lipinski definition) is 6. The molecule has 1 aliphatic rings. The Balaban J connectivity index is 0.879. The molecule has 9 N–H and O–H groups in total. The van der Waals surface area contributed by atoms with Gasteiger partial charge in [0.25, 0.3) is 5.91 Å². The van der Waals surface area contributed by atoms with Crippen LogP contribution in [0.3, 0.4) is 0 Å². The first kappa shape index (κ1) is 43.1. The summed E-state index contributed by atoms with van der Waals surface area (Å²) in [7, 11) is 0. The zero-order valence-electron chi connectivity index (χ0n) is 32.6. The Morgan fingerprint density at radius 2 is 1.58 bits per heavy atom. The molecule has 306 valence electrons. The van der Waals surface area contributed by atoms with Crippen LogP contribution in [0.4, 0.5) is 17.3 Å². The highest BCUT2D eigenvalue weighted by molar-refractivity contribution is 9.10. The maximum absolute atomic E-state index is 12.9. The molecule has 5 aromatic rings.